The second kappa shape index (κ2) is 7.70. The van der Waals surface area contributed by atoms with Gasteiger partial charge in [-0.3, -0.25) is 0 Å². The van der Waals surface area contributed by atoms with E-state index in [4.69, 9.17) is 16.3 Å². The first-order chi connectivity index (χ1) is 8.20. The Kier molecular flexibility index (Phi) is 6.56. The average molecular weight is 256 g/mol. The Bertz CT molecular complexity index is 333. The number of benzene rings is 1. The lowest BCUT2D eigenvalue weighted by molar-refractivity contribution is 0.123. The van der Waals surface area contributed by atoms with Gasteiger partial charge in [-0.25, -0.2) is 0 Å². The molecule has 96 valence electrons. The van der Waals surface area contributed by atoms with Gasteiger partial charge in [0.25, 0.3) is 0 Å². The van der Waals surface area contributed by atoms with Crippen LogP contribution in [0.3, 0.4) is 0 Å². The standard InChI is InChI=1S/C14H22ClNO/c1-4-9-16-14(10-17-5-2)12-7-6-8-13(15)11(12)3/h6-8,14,16H,4-5,9-10H2,1-3H3. The Morgan fingerprint density at radius 3 is 2.76 bits per heavy atom. The van der Waals surface area contributed by atoms with Crippen LogP contribution in [-0.2, 0) is 4.74 Å². The molecule has 0 saturated heterocycles. The molecular formula is C14H22ClNO. The highest BCUT2D eigenvalue weighted by molar-refractivity contribution is 6.31. The highest BCUT2D eigenvalue weighted by Gasteiger charge is 2.14. The van der Waals surface area contributed by atoms with Crippen LogP contribution < -0.4 is 5.32 Å². The molecule has 0 heterocycles. The predicted molar refractivity (Wildman–Crippen MR) is 73.7 cm³/mol. The summed E-state index contributed by atoms with van der Waals surface area (Å²) < 4.78 is 5.54. The SMILES string of the molecule is CCCNC(COCC)c1cccc(Cl)c1C. The van der Waals surface area contributed by atoms with Crippen molar-refractivity contribution in [2.24, 2.45) is 0 Å². The Labute approximate surface area is 109 Å². The monoisotopic (exact) mass is 255 g/mol. The quantitative estimate of drug-likeness (QED) is 0.802. The molecule has 0 aromatic heterocycles. The van der Waals surface area contributed by atoms with Gasteiger partial charge in [0.2, 0.25) is 0 Å². The van der Waals surface area contributed by atoms with E-state index in [1.807, 2.05) is 19.1 Å². The molecule has 1 unspecified atom stereocenters. The fourth-order valence-electron chi connectivity index (χ4n) is 1.81. The highest BCUT2D eigenvalue weighted by Crippen LogP contribution is 2.24. The molecule has 1 atom stereocenters. The van der Waals surface area contributed by atoms with Crippen molar-refractivity contribution in [2.45, 2.75) is 33.2 Å². The maximum absolute atomic E-state index is 6.16. The van der Waals surface area contributed by atoms with Gasteiger partial charge in [-0.1, -0.05) is 30.7 Å². The predicted octanol–water partition coefficient (Wildman–Crippen LogP) is 3.73. The summed E-state index contributed by atoms with van der Waals surface area (Å²) >= 11 is 6.16. The summed E-state index contributed by atoms with van der Waals surface area (Å²) in [5, 5.41) is 4.33. The molecular weight excluding hydrogens is 234 g/mol. The molecule has 1 aromatic carbocycles. The van der Waals surface area contributed by atoms with Crippen molar-refractivity contribution in [1.82, 2.24) is 5.32 Å². The van der Waals surface area contributed by atoms with E-state index in [0.717, 1.165) is 30.2 Å². The van der Waals surface area contributed by atoms with Gasteiger partial charge < -0.3 is 10.1 Å². The lowest BCUT2D eigenvalue weighted by Crippen LogP contribution is -2.27. The van der Waals surface area contributed by atoms with Gasteiger partial charge in [0.1, 0.15) is 0 Å². The lowest BCUT2D eigenvalue weighted by atomic mass is 10.0. The summed E-state index contributed by atoms with van der Waals surface area (Å²) in [6.07, 6.45) is 1.11. The number of hydrogen-bond acceptors (Lipinski definition) is 2. The van der Waals surface area contributed by atoms with E-state index in [0.29, 0.717) is 6.61 Å². The first kappa shape index (κ1) is 14.5. The van der Waals surface area contributed by atoms with Crippen molar-refractivity contribution in [3.63, 3.8) is 0 Å². The molecule has 0 fully saturated rings. The number of halogens is 1. The van der Waals surface area contributed by atoms with Crippen LogP contribution in [0.1, 0.15) is 37.4 Å². The van der Waals surface area contributed by atoms with Crippen LogP contribution in [0.15, 0.2) is 18.2 Å². The van der Waals surface area contributed by atoms with Crippen LogP contribution >= 0.6 is 11.6 Å². The molecule has 1 rings (SSSR count). The van der Waals surface area contributed by atoms with Gasteiger partial charge in [-0.2, -0.15) is 0 Å². The summed E-state index contributed by atoms with van der Waals surface area (Å²) in [4.78, 5) is 0. The molecule has 1 aromatic rings. The lowest BCUT2D eigenvalue weighted by Gasteiger charge is -2.21. The molecule has 0 saturated carbocycles. The molecule has 2 nitrogen and oxygen atoms in total. The average Bonchev–Trinajstić information content (AvgIpc) is 2.34. The Balaban J connectivity index is 2.83. The number of ether oxygens (including phenoxy) is 1. The Morgan fingerprint density at radius 2 is 2.12 bits per heavy atom. The van der Waals surface area contributed by atoms with Crippen molar-refractivity contribution in [3.05, 3.63) is 34.3 Å². The molecule has 0 aliphatic carbocycles. The van der Waals surface area contributed by atoms with E-state index in [9.17, 15) is 0 Å². The Hall–Kier alpha value is -0.570. The van der Waals surface area contributed by atoms with Crippen LogP contribution in [0.25, 0.3) is 0 Å². The normalized spacial score (nSPS) is 12.7. The summed E-state index contributed by atoms with van der Waals surface area (Å²) in [5.41, 5.74) is 2.38. The first-order valence-corrected chi connectivity index (χ1v) is 6.64. The van der Waals surface area contributed by atoms with Crippen LogP contribution in [0.2, 0.25) is 5.02 Å². The van der Waals surface area contributed by atoms with Gasteiger partial charge in [0.15, 0.2) is 0 Å². The molecule has 0 aliphatic heterocycles. The van der Waals surface area contributed by atoms with Crippen molar-refractivity contribution in [2.75, 3.05) is 19.8 Å². The van der Waals surface area contributed by atoms with Gasteiger partial charge in [0.05, 0.1) is 12.6 Å². The third-order valence-corrected chi connectivity index (χ3v) is 3.22. The third-order valence-electron chi connectivity index (χ3n) is 2.81. The zero-order valence-corrected chi connectivity index (χ0v) is 11.7. The Morgan fingerprint density at radius 1 is 1.35 bits per heavy atom. The van der Waals surface area contributed by atoms with E-state index < -0.39 is 0 Å². The topological polar surface area (TPSA) is 21.3 Å². The van der Waals surface area contributed by atoms with Gasteiger partial charge in [-0.15, -0.1) is 0 Å². The minimum absolute atomic E-state index is 0.230. The maximum Gasteiger partial charge on any atom is 0.0661 e. The minimum atomic E-state index is 0.230. The fourth-order valence-corrected chi connectivity index (χ4v) is 2.00. The second-order valence-electron chi connectivity index (χ2n) is 4.12. The molecule has 17 heavy (non-hydrogen) atoms. The molecule has 0 spiro atoms. The summed E-state index contributed by atoms with van der Waals surface area (Å²) in [6, 6.07) is 6.27. The van der Waals surface area contributed by atoms with Gasteiger partial charge in [-0.05, 0) is 44.0 Å². The fraction of sp³-hybridized carbons (Fsp3) is 0.571. The highest BCUT2D eigenvalue weighted by atomic mass is 35.5. The third kappa shape index (κ3) is 4.30. The molecule has 0 bridgehead atoms. The van der Waals surface area contributed by atoms with Crippen LogP contribution in [0, 0.1) is 6.92 Å². The van der Waals surface area contributed by atoms with E-state index >= 15 is 0 Å². The van der Waals surface area contributed by atoms with E-state index in [1.54, 1.807) is 0 Å². The van der Waals surface area contributed by atoms with Crippen LogP contribution in [-0.4, -0.2) is 19.8 Å². The van der Waals surface area contributed by atoms with Crippen molar-refractivity contribution >= 4 is 11.6 Å². The van der Waals surface area contributed by atoms with Crippen molar-refractivity contribution < 1.29 is 4.74 Å². The molecule has 0 amide bonds. The van der Waals surface area contributed by atoms with E-state index in [2.05, 4.69) is 25.2 Å². The van der Waals surface area contributed by atoms with Gasteiger partial charge in [0, 0.05) is 11.6 Å². The molecule has 0 radical (unpaired) electrons. The number of rotatable bonds is 7. The smallest absolute Gasteiger partial charge is 0.0661 e. The largest absolute Gasteiger partial charge is 0.380 e. The van der Waals surface area contributed by atoms with Gasteiger partial charge >= 0.3 is 0 Å². The van der Waals surface area contributed by atoms with E-state index in [-0.39, 0.29) is 6.04 Å². The minimum Gasteiger partial charge on any atom is -0.380 e. The zero-order valence-electron chi connectivity index (χ0n) is 10.9. The summed E-state index contributed by atoms with van der Waals surface area (Å²) in [7, 11) is 0. The number of nitrogens with one attached hydrogen (secondary N) is 1. The first-order valence-electron chi connectivity index (χ1n) is 6.26. The second-order valence-corrected chi connectivity index (χ2v) is 4.53. The van der Waals surface area contributed by atoms with Crippen molar-refractivity contribution in [1.29, 1.82) is 0 Å². The van der Waals surface area contributed by atoms with Crippen molar-refractivity contribution in [3.8, 4) is 0 Å². The summed E-state index contributed by atoms with van der Waals surface area (Å²) in [6.45, 7) is 8.66. The maximum atomic E-state index is 6.16. The molecule has 0 aliphatic rings. The van der Waals surface area contributed by atoms with Crippen LogP contribution in [0.5, 0.6) is 0 Å². The number of hydrogen-bond donors (Lipinski definition) is 1. The molecule has 1 N–H and O–H groups in total. The summed E-state index contributed by atoms with van der Waals surface area (Å²) in [5.74, 6) is 0. The molecule has 3 heteroatoms. The van der Waals surface area contributed by atoms with E-state index in [1.165, 1.54) is 5.56 Å². The van der Waals surface area contributed by atoms with Crippen LogP contribution in [0.4, 0.5) is 0 Å². The zero-order chi connectivity index (χ0) is 12.7.